The molecule has 1 fully saturated rings. The minimum Gasteiger partial charge on any atom is -0.314 e. The molecule has 1 aliphatic rings. The lowest BCUT2D eigenvalue weighted by Crippen LogP contribution is -2.33. The molecule has 0 aromatic heterocycles. The van der Waals surface area contributed by atoms with Gasteiger partial charge in [-0.1, -0.05) is 47.3 Å². The fraction of sp³-hybridized carbons (Fsp3) is 0.467. The second kappa shape index (κ2) is 6.60. The van der Waals surface area contributed by atoms with Crippen molar-refractivity contribution in [2.45, 2.75) is 38.6 Å². The molecule has 1 atom stereocenters. The molecule has 1 aromatic carbocycles. The number of hydrogen-bond donors (Lipinski definition) is 1. The maximum Gasteiger partial charge on any atom is 0.0493 e. The van der Waals surface area contributed by atoms with Crippen LogP contribution < -0.4 is 5.32 Å². The van der Waals surface area contributed by atoms with Crippen LogP contribution >= 0.6 is 23.2 Å². The number of hydrogen-bond acceptors (Lipinski definition) is 1. The highest BCUT2D eigenvalue weighted by Crippen LogP contribution is 2.24. The van der Waals surface area contributed by atoms with Crippen LogP contribution in [-0.4, -0.2) is 12.6 Å². The SMILES string of the molecule is C/C(=C/c1ccc(Cl)cc1Cl)CC1CCCCN1. The smallest absolute Gasteiger partial charge is 0.0493 e. The molecule has 0 spiro atoms. The summed E-state index contributed by atoms with van der Waals surface area (Å²) in [7, 11) is 0. The molecule has 0 radical (unpaired) electrons. The molecule has 1 N–H and O–H groups in total. The molecule has 0 aliphatic carbocycles. The third-order valence-electron chi connectivity index (χ3n) is 3.35. The fourth-order valence-electron chi connectivity index (χ4n) is 2.43. The molecule has 1 heterocycles. The quantitative estimate of drug-likeness (QED) is 0.830. The van der Waals surface area contributed by atoms with Gasteiger partial charge in [-0.3, -0.25) is 0 Å². The Kier molecular flexibility index (Phi) is 5.11. The van der Waals surface area contributed by atoms with E-state index in [1.807, 2.05) is 12.1 Å². The zero-order valence-corrected chi connectivity index (χ0v) is 12.2. The number of piperidine rings is 1. The van der Waals surface area contributed by atoms with Crippen molar-refractivity contribution < 1.29 is 0 Å². The lowest BCUT2D eigenvalue weighted by molar-refractivity contribution is 0.399. The van der Waals surface area contributed by atoms with Crippen LogP contribution in [0.25, 0.3) is 6.08 Å². The molecule has 1 aliphatic heterocycles. The van der Waals surface area contributed by atoms with Gasteiger partial charge in [0.2, 0.25) is 0 Å². The molecule has 0 amide bonds. The number of benzene rings is 1. The Morgan fingerprint density at radius 2 is 2.22 bits per heavy atom. The minimum atomic E-state index is 0.626. The predicted molar refractivity (Wildman–Crippen MR) is 80.4 cm³/mol. The summed E-state index contributed by atoms with van der Waals surface area (Å²) in [6.45, 7) is 3.32. The van der Waals surface area contributed by atoms with Crippen LogP contribution in [0.3, 0.4) is 0 Å². The van der Waals surface area contributed by atoms with Crippen LogP contribution in [0.1, 0.15) is 38.2 Å². The highest BCUT2D eigenvalue weighted by Gasteiger charge is 2.12. The van der Waals surface area contributed by atoms with Crippen LogP contribution in [0, 0.1) is 0 Å². The van der Waals surface area contributed by atoms with Gasteiger partial charge < -0.3 is 5.32 Å². The molecule has 1 unspecified atom stereocenters. The molecule has 1 aromatic rings. The van der Waals surface area contributed by atoms with Crippen molar-refractivity contribution >= 4 is 29.3 Å². The first-order chi connectivity index (χ1) is 8.65. The van der Waals surface area contributed by atoms with E-state index in [0.29, 0.717) is 11.1 Å². The minimum absolute atomic E-state index is 0.626. The van der Waals surface area contributed by atoms with Crippen LogP contribution in [-0.2, 0) is 0 Å². The van der Waals surface area contributed by atoms with Gasteiger partial charge >= 0.3 is 0 Å². The average Bonchev–Trinajstić information content (AvgIpc) is 2.34. The van der Waals surface area contributed by atoms with Crippen molar-refractivity contribution in [3.63, 3.8) is 0 Å². The summed E-state index contributed by atoms with van der Waals surface area (Å²) in [5, 5.41) is 4.97. The Morgan fingerprint density at radius 1 is 1.39 bits per heavy atom. The van der Waals surface area contributed by atoms with Gasteiger partial charge in [0.05, 0.1) is 0 Å². The van der Waals surface area contributed by atoms with Gasteiger partial charge in [-0.25, -0.2) is 0 Å². The second-order valence-electron chi connectivity index (χ2n) is 5.01. The highest BCUT2D eigenvalue weighted by atomic mass is 35.5. The summed E-state index contributed by atoms with van der Waals surface area (Å²) >= 11 is 12.1. The largest absolute Gasteiger partial charge is 0.314 e. The topological polar surface area (TPSA) is 12.0 Å². The van der Waals surface area contributed by atoms with E-state index < -0.39 is 0 Å². The van der Waals surface area contributed by atoms with E-state index in [-0.39, 0.29) is 0 Å². The number of rotatable bonds is 3. The van der Waals surface area contributed by atoms with E-state index in [1.54, 1.807) is 6.07 Å². The van der Waals surface area contributed by atoms with Crippen molar-refractivity contribution in [1.29, 1.82) is 0 Å². The number of nitrogens with one attached hydrogen (secondary N) is 1. The van der Waals surface area contributed by atoms with Crippen LogP contribution in [0.15, 0.2) is 23.8 Å². The van der Waals surface area contributed by atoms with E-state index in [1.165, 1.54) is 24.8 Å². The summed E-state index contributed by atoms with van der Waals surface area (Å²) in [4.78, 5) is 0. The number of halogens is 2. The van der Waals surface area contributed by atoms with Crippen molar-refractivity contribution in [2.24, 2.45) is 0 Å². The molecular weight excluding hydrogens is 265 g/mol. The van der Waals surface area contributed by atoms with E-state index in [4.69, 9.17) is 23.2 Å². The summed E-state index contributed by atoms with van der Waals surface area (Å²) in [6.07, 6.45) is 7.18. The lowest BCUT2D eigenvalue weighted by Gasteiger charge is -2.23. The predicted octanol–water partition coefficient (Wildman–Crippen LogP) is 4.93. The Balaban J connectivity index is 2.02. The normalized spacial score (nSPS) is 21.1. The van der Waals surface area contributed by atoms with Crippen LogP contribution in [0.4, 0.5) is 0 Å². The van der Waals surface area contributed by atoms with Gasteiger partial charge in [-0.05, 0) is 50.4 Å². The second-order valence-corrected chi connectivity index (χ2v) is 5.85. The third kappa shape index (κ3) is 4.01. The first-order valence-electron chi connectivity index (χ1n) is 6.51. The van der Waals surface area contributed by atoms with Gasteiger partial charge in [0.1, 0.15) is 0 Å². The Hall–Kier alpha value is -0.500. The van der Waals surface area contributed by atoms with E-state index >= 15 is 0 Å². The van der Waals surface area contributed by atoms with Gasteiger partial charge in [0.25, 0.3) is 0 Å². The summed E-state index contributed by atoms with van der Waals surface area (Å²) in [6, 6.07) is 6.27. The lowest BCUT2D eigenvalue weighted by atomic mass is 9.97. The van der Waals surface area contributed by atoms with E-state index in [9.17, 15) is 0 Å². The van der Waals surface area contributed by atoms with E-state index in [2.05, 4.69) is 18.3 Å². The summed E-state index contributed by atoms with van der Waals surface area (Å²) in [5.41, 5.74) is 2.41. The van der Waals surface area contributed by atoms with Crippen molar-refractivity contribution in [2.75, 3.05) is 6.54 Å². The summed E-state index contributed by atoms with van der Waals surface area (Å²) < 4.78 is 0. The summed E-state index contributed by atoms with van der Waals surface area (Å²) in [5.74, 6) is 0. The standard InChI is InChI=1S/C15H19Cl2N/c1-11(9-14-4-2-3-7-18-14)8-12-5-6-13(16)10-15(12)17/h5-6,8,10,14,18H,2-4,7,9H2,1H3/b11-8-. The fourth-order valence-corrected chi connectivity index (χ4v) is 2.89. The Labute approximate surface area is 119 Å². The first kappa shape index (κ1) is 13.9. The molecule has 1 saturated heterocycles. The maximum atomic E-state index is 6.17. The third-order valence-corrected chi connectivity index (χ3v) is 3.91. The maximum absolute atomic E-state index is 6.17. The van der Waals surface area contributed by atoms with Crippen molar-refractivity contribution in [3.05, 3.63) is 39.4 Å². The van der Waals surface area contributed by atoms with Gasteiger partial charge in [0, 0.05) is 16.1 Å². The van der Waals surface area contributed by atoms with Crippen molar-refractivity contribution in [1.82, 2.24) is 5.32 Å². The highest BCUT2D eigenvalue weighted by molar-refractivity contribution is 6.35. The molecule has 98 valence electrons. The molecule has 0 bridgehead atoms. The molecule has 18 heavy (non-hydrogen) atoms. The monoisotopic (exact) mass is 283 g/mol. The van der Waals surface area contributed by atoms with Crippen LogP contribution in [0.5, 0.6) is 0 Å². The van der Waals surface area contributed by atoms with E-state index in [0.717, 1.165) is 23.6 Å². The first-order valence-corrected chi connectivity index (χ1v) is 7.26. The van der Waals surface area contributed by atoms with Gasteiger partial charge in [-0.15, -0.1) is 0 Å². The molecular formula is C15H19Cl2N. The Morgan fingerprint density at radius 3 is 2.89 bits per heavy atom. The molecule has 1 nitrogen and oxygen atoms in total. The molecule has 2 rings (SSSR count). The van der Waals surface area contributed by atoms with Crippen molar-refractivity contribution in [3.8, 4) is 0 Å². The zero-order chi connectivity index (χ0) is 13.0. The van der Waals surface area contributed by atoms with Gasteiger partial charge in [0.15, 0.2) is 0 Å². The van der Waals surface area contributed by atoms with Crippen LogP contribution in [0.2, 0.25) is 10.0 Å². The van der Waals surface area contributed by atoms with Gasteiger partial charge in [-0.2, -0.15) is 0 Å². The zero-order valence-electron chi connectivity index (χ0n) is 10.7. The average molecular weight is 284 g/mol. The Bertz CT molecular complexity index is 434. The molecule has 3 heteroatoms. The molecule has 0 saturated carbocycles.